The van der Waals surface area contributed by atoms with Gasteiger partial charge in [-0.05, 0) is 79.9 Å². The van der Waals surface area contributed by atoms with Gasteiger partial charge in [-0.25, -0.2) is 0 Å². The minimum Gasteiger partial charge on any atom is -0.507 e. The molecule has 7 nitrogen and oxygen atoms in total. The molecule has 1 saturated heterocycles. The van der Waals surface area contributed by atoms with Crippen LogP contribution in [0.25, 0.3) is 5.76 Å². The molecule has 37 heavy (non-hydrogen) atoms. The second-order valence-corrected chi connectivity index (χ2v) is 9.20. The molecule has 192 valence electrons. The number of likely N-dealkylation sites (tertiary alicyclic amines) is 1. The predicted molar refractivity (Wildman–Crippen MR) is 141 cm³/mol. The van der Waals surface area contributed by atoms with Crippen molar-refractivity contribution >= 4 is 17.4 Å². The Morgan fingerprint density at radius 3 is 2.27 bits per heavy atom. The number of rotatable bonds is 8. The Bertz CT molecular complexity index is 1360. The van der Waals surface area contributed by atoms with Crippen molar-refractivity contribution in [1.82, 2.24) is 4.90 Å². The number of methoxy groups -OCH3 is 2. The number of carbonyl (C=O) groups is 2. The molecule has 1 aliphatic heterocycles. The predicted octanol–water partition coefficient (Wildman–Crippen LogP) is 5.42. The zero-order valence-corrected chi connectivity index (χ0v) is 21.6. The first-order chi connectivity index (χ1) is 17.7. The molecule has 7 heteroatoms. The van der Waals surface area contributed by atoms with Gasteiger partial charge in [0.15, 0.2) is 0 Å². The molecule has 0 aromatic heterocycles. The van der Waals surface area contributed by atoms with Crippen LogP contribution in [0.3, 0.4) is 0 Å². The van der Waals surface area contributed by atoms with Crippen LogP contribution in [0.5, 0.6) is 17.2 Å². The largest absolute Gasteiger partial charge is 0.507 e. The fourth-order valence-electron chi connectivity index (χ4n) is 4.56. The first kappa shape index (κ1) is 25.8. The van der Waals surface area contributed by atoms with Crippen molar-refractivity contribution in [2.45, 2.75) is 39.5 Å². The lowest BCUT2D eigenvalue weighted by Gasteiger charge is -2.26. The van der Waals surface area contributed by atoms with Gasteiger partial charge >= 0.3 is 0 Å². The third-order valence-corrected chi connectivity index (χ3v) is 6.26. The van der Waals surface area contributed by atoms with Crippen LogP contribution in [-0.2, 0) is 16.1 Å². The lowest BCUT2D eigenvalue weighted by molar-refractivity contribution is -0.140. The fourth-order valence-corrected chi connectivity index (χ4v) is 4.56. The lowest BCUT2D eigenvalue weighted by atomic mass is 9.93. The lowest BCUT2D eigenvalue weighted by Crippen LogP contribution is -2.29. The van der Waals surface area contributed by atoms with E-state index in [2.05, 4.69) is 0 Å². The van der Waals surface area contributed by atoms with Crippen molar-refractivity contribution in [3.8, 4) is 17.2 Å². The topological polar surface area (TPSA) is 85.3 Å². The standard InChI is InChI=1S/C30H31NO6/c1-18(2)37-24-11-6-8-20(15-24)17-31-27(21-9-7-10-22(16-21)35-4)26(29(33)30(31)34)28(32)25-13-12-23(36-5)14-19(25)3/h6-16,18,27,32H,17H2,1-5H3/b28-26-. The van der Waals surface area contributed by atoms with E-state index in [4.69, 9.17) is 14.2 Å². The summed E-state index contributed by atoms with van der Waals surface area (Å²) in [5.74, 6) is 0.228. The third-order valence-electron chi connectivity index (χ3n) is 6.26. The maximum Gasteiger partial charge on any atom is 0.295 e. The number of ketones is 1. The summed E-state index contributed by atoms with van der Waals surface area (Å²) in [5.41, 5.74) is 2.65. The number of Topliss-reactive ketones (excluding diaryl/α,β-unsaturated/α-hetero) is 1. The van der Waals surface area contributed by atoms with Crippen molar-refractivity contribution < 1.29 is 28.9 Å². The van der Waals surface area contributed by atoms with Gasteiger partial charge in [-0.15, -0.1) is 0 Å². The van der Waals surface area contributed by atoms with Crippen molar-refractivity contribution in [3.63, 3.8) is 0 Å². The van der Waals surface area contributed by atoms with Crippen LogP contribution < -0.4 is 14.2 Å². The molecule has 1 heterocycles. The molecule has 1 fully saturated rings. The highest BCUT2D eigenvalue weighted by atomic mass is 16.5. The van der Waals surface area contributed by atoms with E-state index >= 15 is 0 Å². The summed E-state index contributed by atoms with van der Waals surface area (Å²) in [6.07, 6.45) is -0.00556. The minimum atomic E-state index is -0.814. The smallest absolute Gasteiger partial charge is 0.295 e. The van der Waals surface area contributed by atoms with E-state index in [0.29, 0.717) is 33.9 Å². The molecule has 1 aliphatic rings. The first-order valence-corrected chi connectivity index (χ1v) is 12.1. The van der Waals surface area contributed by atoms with Crippen LogP contribution >= 0.6 is 0 Å². The average molecular weight is 502 g/mol. The van der Waals surface area contributed by atoms with Crippen LogP contribution in [0, 0.1) is 6.92 Å². The third kappa shape index (κ3) is 5.31. The molecule has 1 amide bonds. The number of carbonyl (C=O) groups excluding carboxylic acids is 2. The molecule has 4 rings (SSSR count). The number of hydrogen-bond acceptors (Lipinski definition) is 6. The SMILES string of the molecule is COc1cccc(C2/C(=C(/O)c3ccc(OC)cc3C)C(=O)C(=O)N2Cc2cccc(OC(C)C)c2)c1. The summed E-state index contributed by atoms with van der Waals surface area (Å²) in [5, 5.41) is 11.4. The number of aliphatic hydroxyl groups is 1. The van der Waals surface area contributed by atoms with Gasteiger partial charge in [0.05, 0.1) is 31.9 Å². The van der Waals surface area contributed by atoms with E-state index in [1.54, 1.807) is 50.6 Å². The number of ether oxygens (including phenoxy) is 3. The number of benzene rings is 3. The van der Waals surface area contributed by atoms with Gasteiger partial charge in [-0.2, -0.15) is 0 Å². The number of nitrogens with zero attached hydrogens (tertiary/aromatic N) is 1. The van der Waals surface area contributed by atoms with E-state index in [1.165, 1.54) is 4.90 Å². The van der Waals surface area contributed by atoms with Gasteiger partial charge < -0.3 is 24.2 Å². The van der Waals surface area contributed by atoms with Crippen molar-refractivity contribution in [3.05, 3.63) is 94.6 Å². The van der Waals surface area contributed by atoms with Gasteiger partial charge in [-0.1, -0.05) is 24.3 Å². The molecule has 0 saturated carbocycles. The minimum absolute atomic E-state index is 0.00556. The summed E-state index contributed by atoms with van der Waals surface area (Å²) >= 11 is 0. The Kier molecular flexibility index (Phi) is 7.53. The molecule has 1 unspecified atom stereocenters. The summed E-state index contributed by atoms with van der Waals surface area (Å²) in [6.45, 7) is 5.85. The second-order valence-electron chi connectivity index (χ2n) is 9.20. The number of hydrogen-bond donors (Lipinski definition) is 1. The Morgan fingerprint density at radius 2 is 1.59 bits per heavy atom. The van der Waals surface area contributed by atoms with Gasteiger partial charge in [0.1, 0.15) is 23.0 Å². The Labute approximate surface area is 216 Å². The molecule has 1 N–H and O–H groups in total. The van der Waals surface area contributed by atoms with Gasteiger partial charge in [0.25, 0.3) is 11.7 Å². The normalized spacial score (nSPS) is 16.8. The van der Waals surface area contributed by atoms with Crippen LogP contribution in [0.1, 0.15) is 42.1 Å². The molecule has 3 aromatic carbocycles. The average Bonchev–Trinajstić information content (AvgIpc) is 3.13. The monoisotopic (exact) mass is 501 g/mol. The van der Waals surface area contributed by atoms with E-state index < -0.39 is 17.7 Å². The zero-order chi connectivity index (χ0) is 26.7. The maximum atomic E-state index is 13.4. The van der Waals surface area contributed by atoms with E-state index in [0.717, 1.165) is 5.56 Å². The van der Waals surface area contributed by atoms with Crippen molar-refractivity contribution in [2.24, 2.45) is 0 Å². The molecule has 0 aliphatic carbocycles. The van der Waals surface area contributed by atoms with Gasteiger partial charge in [-0.3, -0.25) is 9.59 Å². The summed E-state index contributed by atoms with van der Waals surface area (Å²) < 4.78 is 16.5. The van der Waals surface area contributed by atoms with Crippen molar-refractivity contribution in [2.75, 3.05) is 14.2 Å². The highest BCUT2D eigenvalue weighted by Gasteiger charge is 2.46. The summed E-state index contributed by atoms with van der Waals surface area (Å²) in [7, 11) is 3.11. The zero-order valence-electron chi connectivity index (χ0n) is 21.6. The van der Waals surface area contributed by atoms with Gasteiger partial charge in [0.2, 0.25) is 0 Å². The van der Waals surface area contributed by atoms with Crippen molar-refractivity contribution in [1.29, 1.82) is 0 Å². The maximum absolute atomic E-state index is 13.4. The fraction of sp³-hybridized carbons (Fsp3) is 0.267. The number of aliphatic hydroxyl groups excluding tert-OH is 1. The molecule has 0 bridgehead atoms. The quantitative estimate of drug-likeness (QED) is 0.252. The molecule has 0 radical (unpaired) electrons. The van der Waals surface area contributed by atoms with Crippen LogP contribution in [0.2, 0.25) is 0 Å². The Morgan fingerprint density at radius 1 is 0.919 bits per heavy atom. The van der Waals surface area contributed by atoms with Crippen LogP contribution in [0.15, 0.2) is 72.3 Å². The number of amides is 1. The van der Waals surface area contributed by atoms with Crippen LogP contribution in [0.4, 0.5) is 0 Å². The van der Waals surface area contributed by atoms with E-state index in [1.807, 2.05) is 51.1 Å². The summed E-state index contributed by atoms with van der Waals surface area (Å²) in [6, 6.07) is 19.0. The molecular formula is C30H31NO6. The Hall–Kier alpha value is -4.26. The molecule has 3 aromatic rings. The molecule has 0 spiro atoms. The summed E-state index contributed by atoms with van der Waals surface area (Å²) in [4.78, 5) is 28.3. The second kappa shape index (κ2) is 10.8. The number of aryl methyl sites for hydroxylation is 1. The highest BCUT2D eigenvalue weighted by molar-refractivity contribution is 6.46. The molecular weight excluding hydrogens is 470 g/mol. The first-order valence-electron chi connectivity index (χ1n) is 12.1. The Balaban J connectivity index is 1.84. The van der Waals surface area contributed by atoms with E-state index in [-0.39, 0.29) is 24.0 Å². The van der Waals surface area contributed by atoms with Crippen LogP contribution in [-0.4, -0.2) is 42.0 Å². The van der Waals surface area contributed by atoms with E-state index in [9.17, 15) is 14.7 Å². The van der Waals surface area contributed by atoms with Gasteiger partial charge in [0, 0.05) is 12.1 Å². The molecule has 1 atom stereocenters. The highest BCUT2D eigenvalue weighted by Crippen LogP contribution is 2.42.